The van der Waals surface area contributed by atoms with Gasteiger partial charge >= 0.3 is 0 Å². The van der Waals surface area contributed by atoms with Crippen LogP contribution < -0.4 is 0 Å². The highest BCUT2D eigenvalue weighted by molar-refractivity contribution is 6.21. The van der Waals surface area contributed by atoms with E-state index in [0.29, 0.717) is 11.3 Å². The second kappa shape index (κ2) is 6.68. The molecule has 0 fully saturated rings. The molecule has 1 unspecified atom stereocenters. The second-order valence-electron chi connectivity index (χ2n) is 5.64. The Balaban J connectivity index is 2.38. The summed E-state index contributed by atoms with van der Waals surface area (Å²) in [6.45, 7) is 3.84. The number of rotatable bonds is 6. The number of nitrogens with zero attached hydrogens (tertiary/aromatic N) is 1. The van der Waals surface area contributed by atoms with Crippen LogP contribution in [0, 0.1) is 29.2 Å². The van der Waals surface area contributed by atoms with Crippen molar-refractivity contribution in [1.82, 2.24) is 4.90 Å². The molecule has 0 radical (unpaired) electrons. The molecular weight excluding hydrogens is 314 g/mol. The Kier molecular flexibility index (Phi) is 5.06. The molecule has 0 bridgehead atoms. The molecule has 0 aromatic heterocycles. The molecule has 1 aromatic rings. The predicted molar refractivity (Wildman–Crippen MR) is 74.9 cm³/mol. The average Bonchev–Trinajstić information content (AvgIpc) is 2.78. The standard InChI is InChI=1S/C16H17F4NO2/c1-3-5-6-8(4-2)7-21-15(22)9-10(16(21)23)12(18)14(20)13(19)11(9)17/h8H,3-7H2,1-2H3. The maximum Gasteiger partial charge on any atom is 0.264 e. The highest BCUT2D eigenvalue weighted by Gasteiger charge is 2.44. The SMILES string of the molecule is CCCCC(CC)CN1C(=O)c2c(F)c(F)c(F)c(F)c2C1=O. The monoisotopic (exact) mass is 331 g/mol. The van der Waals surface area contributed by atoms with Crippen LogP contribution in [0.3, 0.4) is 0 Å². The molecular formula is C16H17F4NO2. The molecule has 2 rings (SSSR count). The zero-order valence-corrected chi connectivity index (χ0v) is 12.9. The third-order valence-electron chi connectivity index (χ3n) is 4.17. The molecule has 1 aliphatic heterocycles. The van der Waals surface area contributed by atoms with E-state index in [2.05, 4.69) is 0 Å². The van der Waals surface area contributed by atoms with Crippen molar-refractivity contribution in [3.63, 3.8) is 0 Å². The summed E-state index contributed by atoms with van der Waals surface area (Å²) in [5, 5.41) is 0. The first-order chi connectivity index (χ1) is 10.8. The van der Waals surface area contributed by atoms with Gasteiger partial charge in [0.15, 0.2) is 23.3 Å². The van der Waals surface area contributed by atoms with Gasteiger partial charge in [0, 0.05) is 6.54 Å². The van der Waals surface area contributed by atoms with E-state index >= 15 is 0 Å². The maximum atomic E-state index is 13.8. The van der Waals surface area contributed by atoms with Crippen LogP contribution in [0.2, 0.25) is 0 Å². The van der Waals surface area contributed by atoms with Crippen LogP contribution in [0.15, 0.2) is 0 Å². The molecule has 126 valence electrons. The molecule has 0 aliphatic carbocycles. The number of amides is 2. The molecule has 1 aliphatic rings. The quantitative estimate of drug-likeness (QED) is 0.341. The lowest BCUT2D eigenvalue weighted by molar-refractivity contribution is 0.0621. The summed E-state index contributed by atoms with van der Waals surface area (Å²) in [6.07, 6.45) is 3.22. The highest BCUT2D eigenvalue weighted by atomic mass is 19.2. The minimum absolute atomic E-state index is 0.0229. The molecule has 2 amide bonds. The number of carbonyl (C=O) groups excluding carboxylic acids is 2. The fourth-order valence-electron chi connectivity index (χ4n) is 2.74. The smallest absolute Gasteiger partial charge is 0.264 e. The Hall–Kier alpha value is -1.92. The van der Waals surface area contributed by atoms with E-state index in [1.54, 1.807) is 0 Å². The van der Waals surface area contributed by atoms with E-state index in [1.165, 1.54) is 0 Å². The van der Waals surface area contributed by atoms with Crippen LogP contribution in [-0.2, 0) is 0 Å². The molecule has 1 atom stereocenters. The van der Waals surface area contributed by atoms with Gasteiger partial charge in [0.25, 0.3) is 11.8 Å². The molecule has 0 spiro atoms. The molecule has 1 aromatic carbocycles. The molecule has 1 heterocycles. The summed E-state index contributed by atoms with van der Waals surface area (Å²) in [6, 6.07) is 0. The van der Waals surface area contributed by atoms with Crippen LogP contribution in [0.4, 0.5) is 17.6 Å². The number of carbonyl (C=O) groups is 2. The van der Waals surface area contributed by atoms with Crippen LogP contribution in [0.1, 0.15) is 60.2 Å². The average molecular weight is 331 g/mol. The lowest BCUT2D eigenvalue weighted by atomic mass is 9.99. The number of hydrogen-bond acceptors (Lipinski definition) is 2. The largest absolute Gasteiger partial charge is 0.274 e. The zero-order chi connectivity index (χ0) is 17.3. The summed E-state index contributed by atoms with van der Waals surface area (Å²) in [5.74, 6) is -10.1. The van der Waals surface area contributed by atoms with Crippen molar-refractivity contribution in [3.05, 3.63) is 34.4 Å². The lowest BCUT2D eigenvalue weighted by Crippen LogP contribution is -2.34. The Bertz CT molecular complexity index is 613. The van der Waals surface area contributed by atoms with E-state index in [4.69, 9.17) is 0 Å². The van der Waals surface area contributed by atoms with E-state index in [9.17, 15) is 27.2 Å². The molecule has 23 heavy (non-hydrogen) atoms. The normalized spacial score (nSPS) is 15.3. The van der Waals surface area contributed by atoms with Gasteiger partial charge in [-0.25, -0.2) is 17.6 Å². The Morgan fingerprint density at radius 2 is 1.35 bits per heavy atom. The fraction of sp³-hybridized carbons (Fsp3) is 0.500. The number of benzene rings is 1. The van der Waals surface area contributed by atoms with Gasteiger partial charge in [0.05, 0.1) is 11.1 Å². The Morgan fingerprint density at radius 3 is 1.74 bits per heavy atom. The summed E-state index contributed by atoms with van der Waals surface area (Å²) in [7, 11) is 0. The van der Waals surface area contributed by atoms with Gasteiger partial charge in [0.2, 0.25) is 0 Å². The lowest BCUT2D eigenvalue weighted by Gasteiger charge is -2.21. The van der Waals surface area contributed by atoms with Crippen molar-refractivity contribution in [2.45, 2.75) is 39.5 Å². The van der Waals surface area contributed by atoms with Gasteiger partial charge in [-0.1, -0.05) is 33.1 Å². The van der Waals surface area contributed by atoms with Crippen molar-refractivity contribution >= 4 is 11.8 Å². The van der Waals surface area contributed by atoms with Crippen molar-refractivity contribution in [3.8, 4) is 0 Å². The first-order valence-electron chi connectivity index (χ1n) is 7.57. The molecule has 0 N–H and O–H groups in total. The van der Waals surface area contributed by atoms with E-state index in [0.717, 1.165) is 19.3 Å². The minimum atomic E-state index is -2.08. The maximum absolute atomic E-state index is 13.8. The van der Waals surface area contributed by atoms with Crippen molar-refractivity contribution in [2.24, 2.45) is 5.92 Å². The Labute approximate surface area is 131 Å². The van der Waals surface area contributed by atoms with Gasteiger partial charge < -0.3 is 0 Å². The highest BCUT2D eigenvalue weighted by Crippen LogP contribution is 2.32. The van der Waals surface area contributed by atoms with Gasteiger partial charge in [0.1, 0.15) is 0 Å². The van der Waals surface area contributed by atoms with Crippen molar-refractivity contribution < 1.29 is 27.2 Å². The van der Waals surface area contributed by atoms with Crippen molar-refractivity contribution in [2.75, 3.05) is 6.54 Å². The second-order valence-corrected chi connectivity index (χ2v) is 5.64. The van der Waals surface area contributed by atoms with Gasteiger partial charge in [-0.2, -0.15) is 0 Å². The fourth-order valence-corrected chi connectivity index (χ4v) is 2.74. The number of imide groups is 1. The Morgan fingerprint density at radius 1 is 0.870 bits per heavy atom. The first kappa shape index (κ1) is 17.4. The zero-order valence-electron chi connectivity index (χ0n) is 12.9. The number of fused-ring (bicyclic) bond motifs is 1. The van der Waals surface area contributed by atoms with Crippen LogP contribution in [0.25, 0.3) is 0 Å². The van der Waals surface area contributed by atoms with Gasteiger partial charge in [-0.05, 0) is 12.3 Å². The van der Waals surface area contributed by atoms with Crippen LogP contribution >= 0.6 is 0 Å². The minimum Gasteiger partial charge on any atom is -0.274 e. The number of halogens is 4. The van der Waals surface area contributed by atoms with Crippen LogP contribution in [0.5, 0.6) is 0 Å². The summed E-state index contributed by atoms with van der Waals surface area (Å²) in [4.78, 5) is 25.0. The molecule has 0 saturated heterocycles. The third kappa shape index (κ3) is 2.84. The van der Waals surface area contributed by atoms with E-state index in [-0.39, 0.29) is 12.5 Å². The van der Waals surface area contributed by atoms with Crippen LogP contribution in [-0.4, -0.2) is 23.3 Å². The summed E-state index contributed by atoms with van der Waals surface area (Å²) in [5.41, 5.74) is -2.03. The van der Waals surface area contributed by atoms with E-state index < -0.39 is 46.2 Å². The van der Waals surface area contributed by atoms with Gasteiger partial charge in [-0.3, -0.25) is 14.5 Å². The number of unbranched alkanes of at least 4 members (excludes halogenated alkanes) is 1. The molecule has 3 nitrogen and oxygen atoms in total. The molecule has 7 heteroatoms. The van der Waals surface area contributed by atoms with Gasteiger partial charge in [-0.15, -0.1) is 0 Å². The number of hydrogen-bond donors (Lipinski definition) is 0. The predicted octanol–water partition coefficient (Wildman–Crippen LogP) is 4.06. The molecule has 0 saturated carbocycles. The third-order valence-corrected chi connectivity index (χ3v) is 4.17. The van der Waals surface area contributed by atoms with Crippen molar-refractivity contribution in [1.29, 1.82) is 0 Å². The first-order valence-corrected chi connectivity index (χ1v) is 7.57. The summed E-state index contributed by atoms with van der Waals surface area (Å²) >= 11 is 0. The summed E-state index contributed by atoms with van der Waals surface area (Å²) < 4.78 is 54.2. The topological polar surface area (TPSA) is 37.4 Å². The van der Waals surface area contributed by atoms with E-state index in [1.807, 2.05) is 13.8 Å².